The minimum absolute atomic E-state index is 0.228. The lowest BCUT2D eigenvalue weighted by atomic mass is 9.77. The van der Waals surface area contributed by atoms with Crippen LogP contribution in [-0.4, -0.2) is 35.2 Å². The lowest BCUT2D eigenvalue weighted by molar-refractivity contribution is -0.128. The third-order valence-electron chi connectivity index (χ3n) is 5.01. The summed E-state index contributed by atoms with van der Waals surface area (Å²) in [6, 6.07) is 5.72. The van der Waals surface area contributed by atoms with Crippen LogP contribution in [0.2, 0.25) is 0 Å². The second-order valence-electron chi connectivity index (χ2n) is 6.36. The first kappa shape index (κ1) is 13.7. The van der Waals surface area contributed by atoms with Gasteiger partial charge in [-0.3, -0.25) is 9.59 Å². The fourth-order valence-electron chi connectivity index (χ4n) is 3.88. The number of imide groups is 1. The van der Waals surface area contributed by atoms with Crippen molar-refractivity contribution in [3.05, 3.63) is 41.5 Å². The maximum atomic E-state index is 12.9. The Morgan fingerprint density at radius 2 is 2.05 bits per heavy atom. The van der Waals surface area contributed by atoms with Gasteiger partial charge in [-0.2, -0.15) is 0 Å². The van der Waals surface area contributed by atoms with E-state index < -0.39 is 23.5 Å². The highest BCUT2D eigenvalue weighted by atomic mass is 16.5. The van der Waals surface area contributed by atoms with Crippen LogP contribution in [0.3, 0.4) is 0 Å². The largest absolute Gasteiger partial charge is 0.393 e. The molecule has 0 unspecified atom stereocenters. The molecule has 114 valence electrons. The van der Waals surface area contributed by atoms with Gasteiger partial charge in [0.25, 0.3) is 0 Å². The fraction of sp³-hybridized carbons (Fsp3) is 0.412. The van der Waals surface area contributed by atoms with Crippen LogP contribution in [0, 0.1) is 25.7 Å². The predicted molar refractivity (Wildman–Crippen MR) is 79.2 cm³/mol. The Labute approximate surface area is 128 Å². The average Bonchev–Trinajstić information content (AvgIpc) is 3.14. The molecule has 5 heteroatoms. The first-order valence-corrected chi connectivity index (χ1v) is 7.41. The van der Waals surface area contributed by atoms with Crippen LogP contribution in [0.25, 0.3) is 0 Å². The van der Waals surface area contributed by atoms with Crippen molar-refractivity contribution in [1.82, 2.24) is 0 Å². The molecule has 1 N–H and O–H groups in total. The third kappa shape index (κ3) is 1.50. The monoisotopic (exact) mass is 299 g/mol. The number of aliphatic hydroxyl groups is 1. The maximum absolute atomic E-state index is 12.9. The number of rotatable bonds is 2. The Bertz CT molecular complexity index is 725. The van der Waals surface area contributed by atoms with Gasteiger partial charge in [-0.05, 0) is 31.0 Å². The molecule has 4 rings (SSSR count). The Morgan fingerprint density at radius 1 is 1.27 bits per heavy atom. The molecule has 5 nitrogen and oxygen atoms in total. The molecule has 0 spiro atoms. The molecule has 1 aromatic rings. The van der Waals surface area contributed by atoms with Crippen LogP contribution < -0.4 is 4.90 Å². The summed E-state index contributed by atoms with van der Waals surface area (Å²) < 4.78 is 5.73. The molecule has 1 aromatic carbocycles. The molecule has 22 heavy (non-hydrogen) atoms. The second-order valence-corrected chi connectivity index (χ2v) is 6.36. The van der Waals surface area contributed by atoms with Crippen LogP contribution in [0.4, 0.5) is 5.69 Å². The van der Waals surface area contributed by atoms with Crippen LogP contribution >= 0.6 is 0 Å². The Morgan fingerprint density at radius 3 is 2.77 bits per heavy atom. The molecule has 3 heterocycles. The number of anilines is 1. The lowest BCUT2D eigenvalue weighted by Crippen LogP contribution is -2.43. The number of hydrogen-bond acceptors (Lipinski definition) is 4. The van der Waals surface area contributed by atoms with E-state index >= 15 is 0 Å². The van der Waals surface area contributed by atoms with Crippen LogP contribution in [0.1, 0.15) is 11.1 Å². The van der Waals surface area contributed by atoms with Gasteiger partial charge in [0.2, 0.25) is 11.8 Å². The van der Waals surface area contributed by atoms with Gasteiger partial charge in [0.05, 0.1) is 30.2 Å². The van der Waals surface area contributed by atoms with E-state index in [-0.39, 0.29) is 18.4 Å². The van der Waals surface area contributed by atoms with Gasteiger partial charge in [0.15, 0.2) is 0 Å². The molecule has 3 aliphatic heterocycles. The topological polar surface area (TPSA) is 66.8 Å². The van der Waals surface area contributed by atoms with Crippen molar-refractivity contribution in [1.29, 1.82) is 0 Å². The highest BCUT2D eigenvalue weighted by molar-refractivity contribution is 6.23. The molecule has 4 atom stereocenters. The van der Waals surface area contributed by atoms with Crippen LogP contribution in [-0.2, 0) is 14.3 Å². The zero-order valence-electron chi connectivity index (χ0n) is 12.4. The van der Waals surface area contributed by atoms with E-state index in [1.807, 2.05) is 32.0 Å². The van der Waals surface area contributed by atoms with Gasteiger partial charge in [-0.15, -0.1) is 0 Å². The Hall–Kier alpha value is -1.98. The van der Waals surface area contributed by atoms with Crippen molar-refractivity contribution in [2.75, 3.05) is 11.5 Å². The van der Waals surface area contributed by atoms with Crippen molar-refractivity contribution in [2.45, 2.75) is 25.6 Å². The zero-order chi connectivity index (χ0) is 15.6. The molecule has 2 saturated heterocycles. The van der Waals surface area contributed by atoms with Gasteiger partial charge >= 0.3 is 0 Å². The van der Waals surface area contributed by atoms with E-state index in [1.54, 1.807) is 12.2 Å². The number of amides is 2. The summed E-state index contributed by atoms with van der Waals surface area (Å²) in [5.41, 5.74) is 1.48. The summed E-state index contributed by atoms with van der Waals surface area (Å²) in [5.74, 6) is -1.65. The molecule has 2 amide bonds. The third-order valence-corrected chi connectivity index (χ3v) is 5.01. The van der Waals surface area contributed by atoms with Crippen molar-refractivity contribution >= 4 is 17.5 Å². The van der Waals surface area contributed by atoms with E-state index in [0.717, 1.165) is 11.1 Å². The first-order chi connectivity index (χ1) is 10.5. The summed E-state index contributed by atoms with van der Waals surface area (Å²) >= 11 is 0. The van der Waals surface area contributed by atoms with E-state index in [1.165, 1.54) is 4.90 Å². The Kier molecular flexibility index (Phi) is 2.65. The minimum Gasteiger partial charge on any atom is -0.393 e. The Balaban J connectivity index is 1.81. The molecular weight excluding hydrogens is 282 g/mol. The smallest absolute Gasteiger partial charge is 0.241 e. The number of aliphatic hydroxyl groups excluding tert-OH is 1. The molecule has 0 aromatic heterocycles. The number of hydrogen-bond donors (Lipinski definition) is 1. The summed E-state index contributed by atoms with van der Waals surface area (Å²) in [7, 11) is 0. The summed E-state index contributed by atoms with van der Waals surface area (Å²) in [5, 5.41) is 9.69. The highest BCUT2D eigenvalue weighted by Gasteiger charge is 2.67. The number of carbonyl (C=O) groups is 2. The van der Waals surface area contributed by atoms with E-state index in [4.69, 9.17) is 4.74 Å². The number of fused-ring (bicyclic) bond motifs is 5. The standard InChI is InChI=1S/C17H17NO4/c1-9-3-4-10(2)11(7-9)18-15(20)13-12-5-6-17(8-19,22-12)14(13)16(18)21/h3-7,12-14,19H,8H2,1-2H3/t12-,13+,14-,17+/m1/s1. The minimum atomic E-state index is -1.03. The highest BCUT2D eigenvalue weighted by Crippen LogP contribution is 2.52. The van der Waals surface area contributed by atoms with Gasteiger partial charge < -0.3 is 9.84 Å². The number of benzene rings is 1. The van der Waals surface area contributed by atoms with Gasteiger partial charge in [-0.25, -0.2) is 4.90 Å². The normalized spacial score (nSPS) is 35.6. The van der Waals surface area contributed by atoms with E-state index in [2.05, 4.69) is 0 Å². The molecular formula is C17H17NO4. The van der Waals surface area contributed by atoms with Crippen molar-refractivity contribution < 1.29 is 19.4 Å². The van der Waals surface area contributed by atoms with Gasteiger partial charge in [0.1, 0.15) is 5.60 Å². The number of ether oxygens (including phenoxy) is 1. The quantitative estimate of drug-likeness (QED) is 0.656. The lowest BCUT2D eigenvalue weighted by Gasteiger charge is -2.26. The van der Waals surface area contributed by atoms with E-state index in [9.17, 15) is 14.7 Å². The molecule has 0 saturated carbocycles. The number of carbonyl (C=O) groups excluding carboxylic acids is 2. The van der Waals surface area contributed by atoms with Crippen LogP contribution in [0.15, 0.2) is 30.4 Å². The molecule has 2 bridgehead atoms. The molecule has 2 fully saturated rings. The van der Waals surface area contributed by atoms with Gasteiger partial charge in [0, 0.05) is 0 Å². The molecule has 3 aliphatic rings. The average molecular weight is 299 g/mol. The summed E-state index contributed by atoms with van der Waals surface area (Å²) in [6.07, 6.45) is 3.11. The number of nitrogens with zero attached hydrogens (tertiary/aromatic N) is 1. The van der Waals surface area contributed by atoms with Crippen LogP contribution in [0.5, 0.6) is 0 Å². The molecule has 0 aliphatic carbocycles. The molecule has 0 radical (unpaired) electrons. The predicted octanol–water partition coefficient (Wildman–Crippen LogP) is 1.11. The SMILES string of the molecule is Cc1ccc(C)c(N2C(=O)[C@H]3[C@H]4C=C[C@@](CO)(O4)[C@H]3C2=O)c1. The summed E-state index contributed by atoms with van der Waals surface area (Å²) in [4.78, 5) is 27.0. The van der Waals surface area contributed by atoms with E-state index in [0.29, 0.717) is 5.69 Å². The zero-order valence-corrected chi connectivity index (χ0v) is 12.4. The van der Waals surface area contributed by atoms with Crippen molar-refractivity contribution in [3.8, 4) is 0 Å². The van der Waals surface area contributed by atoms with Gasteiger partial charge in [-0.1, -0.05) is 24.3 Å². The second kappa shape index (κ2) is 4.27. The summed E-state index contributed by atoms with van der Waals surface area (Å²) in [6.45, 7) is 3.52. The van der Waals surface area contributed by atoms with Crippen molar-refractivity contribution in [2.24, 2.45) is 11.8 Å². The van der Waals surface area contributed by atoms with Crippen molar-refractivity contribution in [3.63, 3.8) is 0 Å². The maximum Gasteiger partial charge on any atom is 0.241 e. The first-order valence-electron chi connectivity index (χ1n) is 7.41. The fourth-order valence-corrected chi connectivity index (χ4v) is 3.88. The number of aryl methyl sites for hydroxylation is 2.